The summed E-state index contributed by atoms with van der Waals surface area (Å²) >= 11 is 62.6. The summed E-state index contributed by atoms with van der Waals surface area (Å²) in [6, 6.07) is 5.27. The molecule has 0 fully saturated rings. The second-order valence-corrected chi connectivity index (χ2v) is 9.71. The average Bonchev–Trinajstić information content (AvgIpc) is 2.75. The van der Waals surface area contributed by atoms with Crippen molar-refractivity contribution in [1.82, 2.24) is 4.98 Å². The van der Waals surface area contributed by atoms with Crippen LogP contribution in [0.4, 0.5) is 0 Å². The molecule has 0 aliphatic carbocycles. The van der Waals surface area contributed by atoms with Gasteiger partial charge in [-0.25, -0.2) is 4.98 Å². The van der Waals surface area contributed by atoms with Crippen LogP contribution in [-0.4, -0.2) is 4.98 Å². The van der Waals surface area contributed by atoms with Gasteiger partial charge < -0.3 is 0 Å². The molecule has 0 unspecified atom stereocenters. The van der Waals surface area contributed by atoms with Gasteiger partial charge in [0.15, 0.2) is 0 Å². The van der Waals surface area contributed by atoms with Crippen molar-refractivity contribution in [3.05, 3.63) is 67.9 Å². The molecule has 31 heavy (non-hydrogen) atoms. The fourth-order valence-electron chi connectivity index (χ4n) is 2.71. The van der Waals surface area contributed by atoms with Crippen LogP contribution in [0, 0.1) is 11.3 Å². The number of halogens is 10. The molecule has 3 rings (SSSR count). The van der Waals surface area contributed by atoms with Crippen LogP contribution in [0.1, 0.15) is 5.56 Å². The zero-order valence-electron chi connectivity index (χ0n) is 14.5. The molecule has 0 saturated carbocycles. The van der Waals surface area contributed by atoms with Crippen LogP contribution in [-0.2, 0) is 6.42 Å². The predicted octanol–water partition coefficient (Wildman–Crippen LogP) is 11.0. The third-order valence-corrected chi connectivity index (χ3v) is 8.71. The average molecular weight is 615 g/mol. The van der Waals surface area contributed by atoms with Gasteiger partial charge in [-0.2, -0.15) is 5.26 Å². The standard InChI is InChI=1S/C19H4Cl10N2/c20-9-7(10(21)14(25)17(28)13(9)24)6-2-1-5(3-4-30)19(31-6)8-11(22)15(26)18(29)16(27)12(8)23/h1-2H,3H2. The Morgan fingerprint density at radius 3 is 1.39 bits per heavy atom. The minimum Gasteiger partial charge on any atom is -0.247 e. The Balaban J connectivity index is 2.42. The molecule has 1 heterocycles. The van der Waals surface area contributed by atoms with Gasteiger partial charge in [0.05, 0.1) is 74.1 Å². The van der Waals surface area contributed by atoms with Crippen molar-refractivity contribution in [3.8, 4) is 28.6 Å². The molecule has 12 heteroatoms. The van der Waals surface area contributed by atoms with E-state index in [1.807, 2.05) is 0 Å². The highest BCUT2D eigenvalue weighted by Crippen LogP contribution is 2.51. The van der Waals surface area contributed by atoms with Gasteiger partial charge in [0, 0.05) is 11.1 Å². The van der Waals surface area contributed by atoms with Gasteiger partial charge in [0.25, 0.3) is 0 Å². The molecule has 0 radical (unpaired) electrons. The quantitative estimate of drug-likeness (QED) is 0.217. The molecule has 1 aromatic heterocycles. The van der Waals surface area contributed by atoms with Crippen LogP contribution >= 0.6 is 116 Å². The van der Waals surface area contributed by atoms with Crippen LogP contribution in [0.3, 0.4) is 0 Å². The minimum atomic E-state index is -0.0171. The lowest BCUT2D eigenvalue weighted by Gasteiger charge is -2.17. The molecule has 0 N–H and O–H groups in total. The Morgan fingerprint density at radius 2 is 0.968 bits per heavy atom. The van der Waals surface area contributed by atoms with Gasteiger partial charge in [-0.15, -0.1) is 0 Å². The minimum absolute atomic E-state index is 0.00533. The Hall–Kier alpha value is -0.0200. The number of nitriles is 1. The molecular weight excluding hydrogens is 611 g/mol. The molecule has 2 nitrogen and oxygen atoms in total. The number of rotatable bonds is 3. The van der Waals surface area contributed by atoms with Crippen molar-refractivity contribution in [2.75, 3.05) is 0 Å². The van der Waals surface area contributed by atoms with E-state index in [-0.39, 0.29) is 79.2 Å². The second-order valence-electron chi connectivity index (χ2n) is 5.93. The number of aromatic nitrogens is 1. The van der Waals surface area contributed by atoms with Crippen molar-refractivity contribution in [2.45, 2.75) is 6.42 Å². The van der Waals surface area contributed by atoms with Crippen LogP contribution in [0.15, 0.2) is 12.1 Å². The maximum Gasteiger partial charge on any atom is 0.0809 e. The van der Waals surface area contributed by atoms with Gasteiger partial charge in [-0.1, -0.05) is 122 Å². The molecule has 0 bridgehead atoms. The fraction of sp³-hybridized carbons (Fsp3) is 0.0526. The summed E-state index contributed by atoms with van der Waals surface area (Å²) in [4.78, 5) is 4.59. The molecule has 0 spiro atoms. The highest BCUT2D eigenvalue weighted by Gasteiger charge is 2.26. The molecule has 0 saturated heterocycles. The zero-order valence-corrected chi connectivity index (χ0v) is 22.1. The van der Waals surface area contributed by atoms with E-state index in [0.29, 0.717) is 5.56 Å². The smallest absolute Gasteiger partial charge is 0.0809 e. The predicted molar refractivity (Wildman–Crippen MR) is 135 cm³/mol. The first kappa shape index (κ1) is 25.6. The van der Waals surface area contributed by atoms with E-state index in [9.17, 15) is 5.26 Å². The molecule has 0 amide bonds. The largest absolute Gasteiger partial charge is 0.247 e. The summed E-state index contributed by atoms with van der Waals surface area (Å²) < 4.78 is 0. The molecule has 0 aliphatic heterocycles. The Morgan fingerprint density at radius 1 is 0.581 bits per heavy atom. The summed E-state index contributed by atoms with van der Waals surface area (Å²) in [5.41, 5.74) is 1.40. The van der Waals surface area contributed by atoms with E-state index < -0.39 is 0 Å². The highest BCUT2D eigenvalue weighted by molar-refractivity contribution is 6.57. The number of nitrogens with zero attached hydrogens (tertiary/aromatic N) is 2. The monoisotopic (exact) mass is 610 g/mol. The lowest BCUT2D eigenvalue weighted by atomic mass is 10.0. The summed E-state index contributed by atoms with van der Waals surface area (Å²) in [5, 5.41) is 9.32. The Bertz CT molecular complexity index is 1220. The van der Waals surface area contributed by atoms with Crippen molar-refractivity contribution in [3.63, 3.8) is 0 Å². The van der Waals surface area contributed by atoms with Gasteiger partial charge in [0.1, 0.15) is 0 Å². The third-order valence-electron chi connectivity index (χ3n) is 4.16. The van der Waals surface area contributed by atoms with Crippen LogP contribution in [0.2, 0.25) is 50.2 Å². The lowest BCUT2D eigenvalue weighted by molar-refractivity contribution is 1.20. The van der Waals surface area contributed by atoms with E-state index >= 15 is 0 Å². The number of hydrogen-bond donors (Lipinski definition) is 0. The van der Waals surface area contributed by atoms with Crippen LogP contribution < -0.4 is 0 Å². The first-order chi connectivity index (χ1) is 14.5. The summed E-state index contributed by atoms with van der Waals surface area (Å²) in [7, 11) is 0. The van der Waals surface area contributed by atoms with E-state index in [1.54, 1.807) is 12.1 Å². The SMILES string of the molecule is N#CCc1ccc(-c2c(Cl)c(Cl)c(Cl)c(Cl)c2Cl)nc1-c1c(Cl)c(Cl)c(Cl)c(Cl)c1Cl. The molecule has 160 valence electrons. The van der Waals surface area contributed by atoms with Gasteiger partial charge >= 0.3 is 0 Å². The molecule has 0 atom stereocenters. The van der Waals surface area contributed by atoms with Crippen molar-refractivity contribution in [2.24, 2.45) is 0 Å². The van der Waals surface area contributed by atoms with E-state index in [0.717, 1.165) is 0 Å². The lowest BCUT2D eigenvalue weighted by Crippen LogP contribution is -1.99. The van der Waals surface area contributed by atoms with Crippen molar-refractivity contribution in [1.29, 1.82) is 5.26 Å². The molecular formula is C19H4Cl10N2. The van der Waals surface area contributed by atoms with E-state index in [4.69, 9.17) is 116 Å². The maximum absolute atomic E-state index is 9.25. The third kappa shape index (κ3) is 4.53. The highest BCUT2D eigenvalue weighted by atomic mass is 35.5. The number of hydrogen-bond acceptors (Lipinski definition) is 2. The van der Waals surface area contributed by atoms with Crippen LogP contribution in [0.5, 0.6) is 0 Å². The fourth-order valence-corrected chi connectivity index (χ4v) is 5.36. The second kappa shape index (κ2) is 10.1. The summed E-state index contributed by atoms with van der Waals surface area (Å²) in [6.07, 6.45) is -0.0171. The van der Waals surface area contributed by atoms with Crippen molar-refractivity contribution >= 4 is 116 Å². The first-order valence-electron chi connectivity index (χ1n) is 7.93. The van der Waals surface area contributed by atoms with Crippen LogP contribution in [0.25, 0.3) is 22.5 Å². The summed E-state index contributed by atoms with van der Waals surface area (Å²) in [6.45, 7) is 0. The van der Waals surface area contributed by atoms with E-state index in [2.05, 4.69) is 11.1 Å². The molecule has 2 aromatic carbocycles. The summed E-state index contributed by atoms with van der Waals surface area (Å²) in [5.74, 6) is 0. The first-order valence-corrected chi connectivity index (χ1v) is 11.7. The van der Waals surface area contributed by atoms with Gasteiger partial charge in [0.2, 0.25) is 0 Å². The number of benzene rings is 2. The topological polar surface area (TPSA) is 36.7 Å². The Labute approximate surface area is 227 Å². The maximum atomic E-state index is 9.25. The zero-order chi connectivity index (χ0) is 23.2. The normalized spacial score (nSPS) is 11.0. The molecule has 3 aromatic rings. The van der Waals surface area contributed by atoms with Gasteiger partial charge in [-0.05, 0) is 11.6 Å². The van der Waals surface area contributed by atoms with Gasteiger partial charge in [-0.3, -0.25) is 0 Å². The number of pyridine rings is 1. The molecule has 0 aliphatic rings. The van der Waals surface area contributed by atoms with Crippen molar-refractivity contribution < 1.29 is 0 Å². The Kier molecular flexibility index (Phi) is 8.32. The van der Waals surface area contributed by atoms with E-state index in [1.165, 1.54) is 0 Å².